The van der Waals surface area contributed by atoms with Crippen molar-refractivity contribution in [3.05, 3.63) is 23.8 Å². The van der Waals surface area contributed by atoms with Crippen molar-refractivity contribution in [3.63, 3.8) is 0 Å². The Morgan fingerprint density at radius 2 is 1.82 bits per heavy atom. The fourth-order valence-corrected chi connectivity index (χ4v) is 2.08. The molecule has 1 N–H and O–H groups in total. The maximum absolute atomic E-state index is 10.1. The van der Waals surface area contributed by atoms with Crippen LogP contribution in [0.25, 0.3) is 0 Å². The average Bonchev–Trinajstić information content (AvgIpc) is 2.44. The van der Waals surface area contributed by atoms with Crippen LogP contribution in [0.2, 0.25) is 0 Å². The lowest BCUT2D eigenvalue weighted by Crippen LogP contribution is -2.36. The molecule has 0 amide bonds. The monoisotopic (exact) mass is 310 g/mol. The lowest BCUT2D eigenvalue weighted by atomic mass is 10.2. The summed E-state index contributed by atoms with van der Waals surface area (Å²) in [6.07, 6.45) is -0.529. The van der Waals surface area contributed by atoms with Gasteiger partial charge in [0.05, 0.1) is 7.11 Å². The Kier molecular flexibility index (Phi) is 7.65. The molecule has 1 atom stereocenters. The van der Waals surface area contributed by atoms with E-state index in [1.165, 1.54) is 0 Å². The summed E-state index contributed by atoms with van der Waals surface area (Å²) in [5, 5.41) is 10.1. The standard InChI is InChI=1S/C17H30N2O3/c1-13(2)19(5)11-15(20)12-22-16-8-7-14(10-18(3)4)9-17(16)21-6/h7-9,13,15,20H,10-12H2,1-6H3. The van der Waals surface area contributed by atoms with Crippen LogP contribution in [0.4, 0.5) is 0 Å². The van der Waals surface area contributed by atoms with Gasteiger partial charge in [-0.3, -0.25) is 0 Å². The summed E-state index contributed by atoms with van der Waals surface area (Å²) in [5.41, 5.74) is 1.16. The van der Waals surface area contributed by atoms with Gasteiger partial charge in [0.15, 0.2) is 11.5 Å². The number of ether oxygens (including phenoxy) is 2. The molecule has 1 aromatic carbocycles. The van der Waals surface area contributed by atoms with Crippen molar-refractivity contribution in [2.75, 3.05) is 41.4 Å². The highest BCUT2D eigenvalue weighted by molar-refractivity contribution is 5.43. The second-order valence-electron chi connectivity index (χ2n) is 6.22. The Morgan fingerprint density at radius 1 is 1.14 bits per heavy atom. The van der Waals surface area contributed by atoms with E-state index in [4.69, 9.17) is 9.47 Å². The zero-order valence-corrected chi connectivity index (χ0v) is 14.7. The van der Waals surface area contributed by atoms with Crippen LogP contribution in [-0.4, -0.2) is 68.5 Å². The molecule has 5 nitrogen and oxygen atoms in total. The number of hydrogen-bond donors (Lipinski definition) is 1. The van der Waals surface area contributed by atoms with Gasteiger partial charge >= 0.3 is 0 Å². The Hall–Kier alpha value is -1.30. The van der Waals surface area contributed by atoms with Crippen molar-refractivity contribution in [1.82, 2.24) is 9.80 Å². The van der Waals surface area contributed by atoms with E-state index in [9.17, 15) is 5.11 Å². The number of rotatable bonds is 9. The maximum Gasteiger partial charge on any atom is 0.161 e. The average molecular weight is 310 g/mol. The molecule has 1 aromatic rings. The smallest absolute Gasteiger partial charge is 0.161 e. The fraction of sp³-hybridized carbons (Fsp3) is 0.647. The maximum atomic E-state index is 10.1. The molecule has 5 heteroatoms. The summed E-state index contributed by atoms with van der Waals surface area (Å²) in [6, 6.07) is 6.29. The second kappa shape index (κ2) is 8.98. The highest BCUT2D eigenvalue weighted by Gasteiger charge is 2.13. The van der Waals surface area contributed by atoms with Crippen LogP contribution in [0.15, 0.2) is 18.2 Å². The molecule has 1 unspecified atom stereocenters. The van der Waals surface area contributed by atoms with Gasteiger partial charge in [0.2, 0.25) is 0 Å². The molecule has 0 radical (unpaired) electrons. The highest BCUT2D eigenvalue weighted by atomic mass is 16.5. The van der Waals surface area contributed by atoms with E-state index in [1.54, 1.807) is 7.11 Å². The van der Waals surface area contributed by atoms with Crippen molar-refractivity contribution < 1.29 is 14.6 Å². The van der Waals surface area contributed by atoms with Gasteiger partial charge in [-0.25, -0.2) is 0 Å². The SMILES string of the molecule is COc1cc(CN(C)C)ccc1OCC(O)CN(C)C(C)C. The number of hydrogen-bond acceptors (Lipinski definition) is 5. The van der Waals surface area contributed by atoms with E-state index in [2.05, 4.69) is 23.6 Å². The Morgan fingerprint density at radius 3 is 2.36 bits per heavy atom. The van der Waals surface area contributed by atoms with E-state index in [0.29, 0.717) is 24.1 Å². The van der Waals surface area contributed by atoms with Gasteiger partial charge < -0.3 is 24.4 Å². The third-order valence-electron chi connectivity index (χ3n) is 3.54. The number of aliphatic hydroxyl groups excluding tert-OH is 1. The number of benzene rings is 1. The summed E-state index contributed by atoms with van der Waals surface area (Å²) in [4.78, 5) is 4.19. The lowest BCUT2D eigenvalue weighted by molar-refractivity contribution is 0.0668. The van der Waals surface area contributed by atoms with Crippen molar-refractivity contribution in [1.29, 1.82) is 0 Å². The molecular formula is C17H30N2O3. The minimum absolute atomic E-state index is 0.250. The third-order valence-corrected chi connectivity index (χ3v) is 3.54. The van der Waals surface area contributed by atoms with Crippen LogP contribution < -0.4 is 9.47 Å². The molecule has 0 aromatic heterocycles. The van der Waals surface area contributed by atoms with Crippen LogP contribution in [0.5, 0.6) is 11.5 Å². The quantitative estimate of drug-likeness (QED) is 0.754. The van der Waals surface area contributed by atoms with Gasteiger partial charge in [-0.05, 0) is 52.7 Å². The largest absolute Gasteiger partial charge is 0.493 e. The Labute approximate surface area is 134 Å². The molecule has 126 valence electrons. The topological polar surface area (TPSA) is 45.2 Å². The summed E-state index contributed by atoms with van der Waals surface area (Å²) in [6.45, 7) is 5.87. The summed E-state index contributed by atoms with van der Waals surface area (Å²) < 4.78 is 11.1. The minimum Gasteiger partial charge on any atom is -0.493 e. The summed E-state index contributed by atoms with van der Waals surface area (Å²) in [5.74, 6) is 1.36. The predicted octanol–water partition coefficient (Wildman–Crippen LogP) is 1.84. The van der Waals surface area contributed by atoms with E-state index in [0.717, 1.165) is 12.1 Å². The first-order chi connectivity index (χ1) is 10.3. The van der Waals surface area contributed by atoms with Gasteiger partial charge in [0.25, 0.3) is 0 Å². The Balaban J connectivity index is 2.61. The zero-order valence-electron chi connectivity index (χ0n) is 14.7. The van der Waals surface area contributed by atoms with E-state index < -0.39 is 6.10 Å². The second-order valence-corrected chi connectivity index (χ2v) is 6.22. The van der Waals surface area contributed by atoms with Gasteiger partial charge in [-0.2, -0.15) is 0 Å². The molecule has 0 aliphatic carbocycles. The van der Waals surface area contributed by atoms with E-state index in [1.807, 2.05) is 39.3 Å². The first kappa shape index (κ1) is 18.7. The van der Waals surface area contributed by atoms with Crippen LogP contribution in [0, 0.1) is 0 Å². The molecule has 0 saturated heterocycles. The molecule has 22 heavy (non-hydrogen) atoms. The Bertz CT molecular complexity index is 450. The first-order valence-corrected chi connectivity index (χ1v) is 7.66. The molecule has 0 aliphatic rings. The molecule has 0 spiro atoms. The van der Waals surface area contributed by atoms with Crippen LogP contribution in [0.1, 0.15) is 19.4 Å². The highest BCUT2D eigenvalue weighted by Crippen LogP contribution is 2.28. The predicted molar refractivity (Wildman–Crippen MR) is 89.7 cm³/mol. The number of aliphatic hydroxyl groups is 1. The zero-order chi connectivity index (χ0) is 16.7. The summed E-state index contributed by atoms with van der Waals surface area (Å²) in [7, 11) is 7.67. The number of methoxy groups -OCH3 is 1. The summed E-state index contributed by atoms with van der Waals surface area (Å²) >= 11 is 0. The lowest BCUT2D eigenvalue weighted by Gasteiger charge is -2.24. The third kappa shape index (κ3) is 6.22. The van der Waals surface area contributed by atoms with Gasteiger partial charge in [-0.15, -0.1) is 0 Å². The van der Waals surface area contributed by atoms with Gasteiger partial charge in [-0.1, -0.05) is 6.07 Å². The van der Waals surface area contributed by atoms with Crippen molar-refractivity contribution in [2.24, 2.45) is 0 Å². The normalized spacial score (nSPS) is 13.0. The van der Waals surface area contributed by atoms with Crippen LogP contribution in [0.3, 0.4) is 0 Å². The van der Waals surface area contributed by atoms with Crippen LogP contribution in [-0.2, 0) is 6.54 Å². The molecule has 0 heterocycles. The van der Waals surface area contributed by atoms with Crippen molar-refractivity contribution >= 4 is 0 Å². The fourth-order valence-electron chi connectivity index (χ4n) is 2.08. The molecule has 0 aliphatic heterocycles. The van der Waals surface area contributed by atoms with E-state index in [-0.39, 0.29) is 6.61 Å². The number of likely N-dealkylation sites (N-methyl/N-ethyl adjacent to an activating group) is 1. The molecule has 0 bridgehead atoms. The van der Waals surface area contributed by atoms with Gasteiger partial charge in [0.1, 0.15) is 12.7 Å². The molecule has 1 rings (SSSR count). The number of nitrogens with zero attached hydrogens (tertiary/aromatic N) is 2. The van der Waals surface area contributed by atoms with Gasteiger partial charge in [0, 0.05) is 19.1 Å². The minimum atomic E-state index is -0.529. The van der Waals surface area contributed by atoms with Crippen molar-refractivity contribution in [3.8, 4) is 11.5 Å². The molecular weight excluding hydrogens is 280 g/mol. The molecule has 0 fully saturated rings. The van der Waals surface area contributed by atoms with Crippen LogP contribution >= 0.6 is 0 Å². The molecule has 0 saturated carbocycles. The van der Waals surface area contributed by atoms with E-state index >= 15 is 0 Å². The van der Waals surface area contributed by atoms with Crippen molar-refractivity contribution in [2.45, 2.75) is 32.5 Å². The first-order valence-electron chi connectivity index (χ1n) is 7.66.